The maximum atomic E-state index is 13.7. The predicted molar refractivity (Wildman–Crippen MR) is 276 cm³/mol. The second-order valence-corrected chi connectivity index (χ2v) is 21.0. The number of benzene rings is 2. The van der Waals surface area contributed by atoms with Crippen molar-refractivity contribution in [1.82, 2.24) is 19.9 Å². The van der Waals surface area contributed by atoms with E-state index in [9.17, 15) is 19.2 Å². The number of aromatic nitrogens is 4. The molecule has 4 aliphatic heterocycles. The molecule has 3 saturated heterocycles. The average molecular weight is 1110 g/mol. The first-order valence-corrected chi connectivity index (χ1v) is 27.2. The van der Waals surface area contributed by atoms with Crippen molar-refractivity contribution < 1.29 is 52.3 Å². The minimum atomic E-state index is -1.34. The number of halogens is 2. The number of ketones is 1. The summed E-state index contributed by atoms with van der Waals surface area (Å²) in [5, 5.41) is 7.49. The summed E-state index contributed by atoms with van der Waals surface area (Å²) in [6, 6.07) is 17.9. The maximum Gasteiger partial charge on any atom is 0.513 e. The van der Waals surface area contributed by atoms with Crippen LogP contribution in [0.1, 0.15) is 35.1 Å². The molecule has 380 valence electrons. The summed E-state index contributed by atoms with van der Waals surface area (Å²) < 4.78 is 38.8. The topological polar surface area (TPSA) is 191 Å². The van der Waals surface area contributed by atoms with Crippen LogP contribution in [0.25, 0.3) is 0 Å². The van der Waals surface area contributed by atoms with Crippen LogP contribution in [0.2, 0.25) is 10.0 Å². The van der Waals surface area contributed by atoms with Gasteiger partial charge in [-0.25, -0.2) is 29.5 Å². The number of Topliss-reactive ketones (excluding diaryl/α,β-unsaturated/α-hetero) is 1. The molecule has 17 nitrogen and oxygen atoms in total. The van der Waals surface area contributed by atoms with Crippen LogP contribution in [-0.4, -0.2) is 122 Å². The molecule has 2 aromatic carbocycles. The van der Waals surface area contributed by atoms with Crippen LogP contribution in [0.5, 0.6) is 0 Å². The van der Waals surface area contributed by atoms with E-state index < -0.39 is 34.5 Å². The average Bonchev–Trinajstić information content (AvgIpc) is 4.18. The number of ether oxygens (including phenoxy) is 7. The third-order valence-corrected chi connectivity index (χ3v) is 16.7. The van der Waals surface area contributed by atoms with Gasteiger partial charge in [0.1, 0.15) is 17.3 Å². The van der Waals surface area contributed by atoms with E-state index in [-0.39, 0.29) is 42.5 Å². The van der Waals surface area contributed by atoms with E-state index in [1.807, 2.05) is 49.5 Å². The van der Waals surface area contributed by atoms with Gasteiger partial charge in [0.05, 0.1) is 55.9 Å². The Morgan fingerprint density at radius 3 is 1.71 bits per heavy atom. The van der Waals surface area contributed by atoms with Crippen molar-refractivity contribution in [3.8, 4) is 0 Å². The number of nitrogens with zero attached hydrogens (tertiary/aromatic N) is 6. The lowest BCUT2D eigenvalue weighted by Crippen LogP contribution is -2.48. The van der Waals surface area contributed by atoms with Gasteiger partial charge in [0.2, 0.25) is 11.9 Å². The van der Waals surface area contributed by atoms with Gasteiger partial charge in [-0.1, -0.05) is 59.2 Å². The van der Waals surface area contributed by atoms with E-state index in [2.05, 4.69) is 19.9 Å². The highest BCUT2D eigenvalue weighted by molar-refractivity contribution is 8.04. The summed E-state index contributed by atoms with van der Waals surface area (Å²) in [6.07, 6.45) is 5.62. The first kappa shape index (κ1) is 52.3. The zero-order valence-electron chi connectivity index (χ0n) is 39.0. The van der Waals surface area contributed by atoms with E-state index in [4.69, 9.17) is 56.4 Å². The number of carbonyl (C=O) groups excluding carboxylic acids is 4. The molecule has 0 amide bonds. The Kier molecular flexibility index (Phi) is 17.3. The standard InChI is InChI=1S/C27H26ClN3O7S2.C23H20ClN3O4S2/c1-34-11-12-36-26(33)37-21-14-27(18-6-13-39-17-18,19-15-29-25(30-16-19)31-7-9-35-10-8-31)38-24(32)23(21)40-22-5-3-2-4-20(22)28;24-17-3-1-2-4-19(17)33-20-18(28)11-23(31-21(20)29,15-5-10-32-14-15)16-12-25-22(26-13-16)27-6-8-30-9-7-27/h2-6,13,15-17H,7-12,14H2,1H3;1-5,10,12-14,20H,6-9,11H2. The molecule has 0 saturated carbocycles. The zero-order valence-corrected chi connectivity index (χ0v) is 43.8. The number of thioether (sulfide) groups is 2. The predicted octanol–water partition coefficient (Wildman–Crippen LogP) is 8.97. The fourth-order valence-corrected chi connectivity index (χ4v) is 12.0. The Morgan fingerprint density at radius 1 is 0.699 bits per heavy atom. The normalized spacial score (nSPS) is 21.2. The monoisotopic (exact) mass is 1100 g/mol. The number of thiophene rings is 2. The van der Waals surface area contributed by atoms with Crippen LogP contribution < -0.4 is 9.80 Å². The summed E-state index contributed by atoms with van der Waals surface area (Å²) >= 11 is 17.7. The van der Waals surface area contributed by atoms with Crippen molar-refractivity contribution in [3.63, 3.8) is 0 Å². The van der Waals surface area contributed by atoms with Crippen LogP contribution in [0.3, 0.4) is 0 Å². The van der Waals surface area contributed by atoms with Gasteiger partial charge in [-0.2, -0.15) is 22.7 Å². The molecule has 0 radical (unpaired) electrons. The number of morpholine rings is 2. The number of hydrogen-bond donors (Lipinski definition) is 0. The van der Waals surface area contributed by atoms with E-state index in [1.54, 1.807) is 67.3 Å². The van der Waals surface area contributed by atoms with Gasteiger partial charge in [-0.15, -0.1) is 11.8 Å². The smallest absolute Gasteiger partial charge is 0.447 e. The molecule has 0 spiro atoms. The Balaban J connectivity index is 0.000000183. The van der Waals surface area contributed by atoms with Crippen molar-refractivity contribution in [2.24, 2.45) is 0 Å². The van der Waals surface area contributed by atoms with Gasteiger partial charge in [0.15, 0.2) is 22.2 Å². The summed E-state index contributed by atoms with van der Waals surface area (Å²) in [5.74, 6) is -0.271. The summed E-state index contributed by atoms with van der Waals surface area (Å²) in [7, 11) is 1.49. The van der Waals surface area contributed by atoms with Gasteiger partial charge in [-0.05, 0) is 57.9 Å². The molecule has 4 aliphatic rings. The number of cyclic esters (lactones) is 2. The molecule has 23 heteroatoms. The van der Waals surface area contributed by atoms with E-state index in [0.717, 1.165) is 29.1 Å². The SMILES string of the molecule is COCCOC(=O)OC1=C(Sc2ccccc2Cl)C(=O)OC(c2cnc(N3CCOCC3)nc2)(c2ccsc2)C1.O=C1CC(c2cnc(N3CCOCC3)nc2)(c2ccsc2)OC(=O)C1Sc1ccccc1Cl. The van der Waals surface area contributed by atoms with Crippen molar-refractivity contribution in [1.29, 1.82) is 0 Å². The van der Waals surface area contributed by atoms with Gasteiger partial charge >= 0.3 is 18.1 Å². The van der Waals surface area contributed by atoms with Crippen molar-refractivity contribution in [2.45, 2.75) is 39.1 Å². The fraction of sp³-hybridized carbons (Fsp3) is 0.320. The molecule has 3 fully saturated rings. The lowest BCUT2D eigenvalue weighted by molar-refractivity contribution is -0.166. The molecule has 3 unspecified atom stereocenters. The van der Waals surface area contributed by atoms with E-state index >= 15 is 0 Å². The number of carbonyl (C=O) groups is 4. The molecular formula is C50H46Cl2N6O11S4. The first-order chi connectivity index (χ1) is 35.6. The van der Waals surface area contributed by atoms with Gasteiger partial charge < -0.3 is 43.0 Å². The minimum Gasteiger partial charge on any atom is -0.447 e. The molecule has 4 aromatic heterocycles. The van der Waals surface area contributed by atoms with Crippen LogP contribution >= 0.6 is 69.4 Å². The molecule has 0 bridgehead atoms. The van der Waals surface area contributed by atoms with E-state index in [1.165, 1.54) is 29.8 Å². The van der Waals surface area contributed by atoms with Crippen molar-refractivity contribution in [3.05, 3.63) is 150 Å². The van der Waals surface area contributed by atoms with Gasteiger partial charge in [0, 0.05) is 90.1 Å². The summed E-state index contributed by atoms with van der Waals surface area (Å²) in [6.45, 7) is 5.42. The largest absolute Gasteiger partial charge is 0.513 e. The molecule has 10 rings (SSSR count). The van der Waals surface area contributed by atoms with Crippen molar-refractivity contribution in [2.75, 3.05) is 82.7 Å². The molecule has 3 atom stereocenters. The van der Waals surface area contributed by atoms with Crippen LogP contribution in [0.4, 0.5) is 16.7 Å². The molecule has 8 heterocycles. The molecule has 0 aliphatic carbocycles. The quantitative estimate of drug-likeness (QED) is 0.0434. The number of methoxy groups -OCH3 is 1. The lowest BCUT2D eigenvalue weighted by atomic mass is 9.82. The number of esters is 2. The number of anilines is 2. The second kappa shape index (κ2) is 24.2. The van der Waals surface area contributed by atoms with Gasteiger partial charge in [-0.3, -0.25) is 9.59 Å². The van der Waals surface area contributed by atoms with Crippen LogP contribution in [0, 0.1) is 0 Å². The molecule has 6 aromatic rings. The molecule has 73 heavy (non-hydrogen) atoms. The minimum absolute atomic E-state index is 0.00188. The Bertz CT molecular complexity index is 2890. The first-order valence-electron chi connectivity index (χ1n) is 22.8. The van der Waals surface area contributed by atoms with Crippen LogP contribution in [-0.2, 0) is 58.7 Å². The maximum absolute atomic E-state index is 13.7. The highest BCUT2D eigenvalue weighted by Gasteiger charge is 2.51. The van der Waals surface area contributed by atoms with E-state index in [0.29, 0.717) is 101 Å². The molecular weight excluding hydrogens is 1060 g/mol. The Hall–Kier alpha value is -5.62. The van der Waals surface area contributed by atoms with Crippen LogP contribution in [0.15, 0.2) is 127 Å². The highest BCUT2D eigenvalue weighted by atomic mass is 35.5. The fourth-order valence-electron chi connectivity index (χ4n) is 8.21. The Labute approximate surface area is 446 Å². The number of rotatable bonds is 14. The lowest BCUT2D eigenvalue weighted by Gasteiger charge is -2.38. The second-order valence-electron chi connectivity index (χ2n) is 16.5. The number of hydrogen-bond acceptors (Lipinski definition) is 21. The van der Waals surface area contributed by atoms with Gasteiger partial charge in [0.25, 0.3) is 0 Å². The zero-order chi connectivity index (χ0) is 50.8. The third-order valence-electron chi connectivity index (χ3n) is 11.9. The Morgan fingerprint density at radius 2 is 1.22 bits per heavy atom. The highest BCUT2D eigenvalue weighted by Crippen LogP contribution is 2.49. The summed E-state index contributed by atoms with van der Waals surface area (Å²) in [4.78, 5) is 76.4. The summed E-state index contributed by atoms with van der Waals surface area (Å²) in [5.41, 5.74) is -0.0576. The molecule has 0 N–H and O–H groups in total. The third kappa shape index (κ3) is 12.0. The van der Waals surface area contributed by atoms with Crippen molar-refractivity contribution >= 4 is 105 Å².